The van der Waals surface area contributed by atoms with Crippen molar-refractivity contribution >= 4 is 5.91 Å². The van der Waals surface area contributed by atoms with Crippen LogP contribution in [0.3, 0.4) is 0 Å². The van der Waals surface area contributed by atoms with Crippen molar-refractivity contribution in [3.8, 4) is 0 Å². The summed E-state index contributed by atoms with van der Waals surface area (Å²) < 4.78 is 7.98. The zero-order valence-electron chi connectivity index (χ0n) is 14.6. The van der Waals surface area contributed by atoms with Gasteiger partial charge in [-0.15, -0.1) is 0 Å². The Morgan fingerprint density at radius 2 is 2.29 bits per heavy atom. The molecule has 0 aromatic carbocycles. The van der Waals surface area contributed by atoms with Gasteiger partial charge in [-0.05, 0) is 37.3 Å². The van der Waals surface area contributed by atoms with E-state index in [2.05, 4.69) is 18.8 Å². The average molecular weight is 329 g/mol. The van der Waals surface area contributed by atoms with Gasteiger partial charge < -0.3 is 13.9 Å². The molecule has 3 rings (SSSR count). The molecule has 2 atom stereocenters. The van der Waals surface area contributed by atoms with Crippen LogP contribution >= 0.6 is 0 Å². The Kier molecular flexibility index (Phi) is 5.38. The van der Waals surface area contributed by atoms with Crippen molar-refractivity contribution in [2.75, 3.05) is 6.54 Å². The number of hydrogen-bond donors (Lipinski definition) is 0. The molecule has 1 amide bonds. The number of imidazole rings is 1. The van der Waals surface area contributed by atoms with Crippen molar-refractivity contribution in [2.45, 2.75) is 58.5 Å². The second-order valence-electron chi connectivity index (χ2n) is 6.79. The monoisotopic (exact) mass is 329 g/mol. The molecular weight excluding hydrogens is 302 g/mol. The molecule has 0 aliphatic carbocycles. The number of hydrogen-bond acceptors (Lipinski definition) is 3. The maximum absolute atomic E-state index is 12.8. The van der Waals surface area contributed by atoms with E-state index < -0.39 is 0 Å². The molecule has 130 valence electrons. The smallest absolute Gasteiger partial charge is 0.223 e. The normalized spacial score (nSPS) is 21.2. The van der Waals surface area contributed by atoms with Crippen LogP contribution in [0.1, 0.15) is 57.1 Å². The van der Waals surface area contributed by atoms with Crippen molar-refractivity contribution in [1.29, 1.82) is 0 Å². The van der Waals surface area contributed by atoms with Gasteiger partial charge in [0.05, 0.1) is 12.4 Å². The molecule has 5 nitrogen and oxygen atoms in total. The first-order valence-electron chi connectivity index (χ1n) is 9.01. The lowest BCUT2D eigenvalue weighted by atomic mass is 9.90. The highest BCUT2D eigenvalue weighted by molar-refractivity contribution is 5.76. The van der Waals surface area contributed by atoms with E-state index in [-0.39, 0.29) is 11.9 Å². The highest BCUT2D eigenvalue weighted by Gasteiger charge is 2.32. The predicted molar refractivity (Wildman–Crippen MR) is 92.4 cm³/mol. The van der Waals surface area contributed by atoms with Gasteiger partial charge in [-0.25, -0.2) is 4.98 Å². The fourth-order valence-electron chi connectivity index (χ4n) is 3.45. The third kappa shape index (κ3) is 3.89. The fourth-order valence-corrected chi connectivity index (χ4v) is 3.45. The summed E-state index contributed by atoms with van der Waals surface area (Å²) in [6, 6.07) is 4.18. The van der Waals surface area contributed by atoms with E-state index in [0.29, 0.717) is 12.3 Å². The summed E-state index contributed by atoms with van der Waals surface area (Å²) in [4.78, 5) is 18.8. The molecule has 0 spiro atoms. The lowest BCUT2D eigenvalue weighted by Gasteiger charge is -2.37. The number of carbonyl (C=O) groups is 1. The van der Waals surface area contributed by atoms with Crippen LogP contribution in [0, 0.1) is 5.92 Å². The van der Waals surface area contributed by atoms with Crippen LogP contribution in [0.5, 0.6) is 0 Å². The highest BCUT2D eigenvalue weighted by atomic mass is 16.3. The van der Waals surface area contributed by atoms with Gasteiger partial charge in [-0.1, -0.05) is 13.8 Å². The third-order valence-electron chi connectivity index (χ3n) is 4.91. The fraction of sp³-hybridized carbons (Fsp3) is 0.579. The Morgan fingerprint density at radius 1 is 1.42 bits per heavy atom. The van der Waals surface area contributed by atoms with E-state index in [1.54, 1.807) is 12.5 Å². The average Bonchev–Trinajstić information content (AvgIpc) is 3.26. The van der Waals surface area contributed by atoms with Crippen molar-refractivity contribution in [1.82, 2.24) is 14.5 Å². The highest BCUT2D eigenvalue weighted by Crippen LogP contribution is 2.35. The molecule has 0 N–H and O–H groups in total. The lowest BCUT2D eigenvalue weighted by molar-refractivity contribution is -0.136. The van der Waals surface area contributed by atoms with Crippen LogP contribution in [0.15, 0.2) is 35.3 Å². The molecule has 1 aliphatic rings. The predicted octanol–water partition coefficient (Wildman–Crippen LogP) is 3.82. The number of carbonyl (C=O) groups excluding carboxylic acids is 1. The first kappa shape index (κ1) is 16.8. The van der Waals surface area contributed by atoms with E-state index in [1.165, 1.54) is 0 Å². The summed E-state index contributed by atoms with van der Waals surface area (Å²) >= 11 is 0. The van der Waals surface area contributed by atoms with E-state index in [4.69, 9.17) is 4.42 Å². The Morgan fingerprint density at radius 3 is 3.00 bits per heavy atom. The summed E-state index contributed by atoms with van der Waals surface area (Å²) in [5, 5.41) is 0. The van der Waals surface area contributed by atoms with Gasteiger partial charge in [0.15, 0.2) is 0 Å². The van der Waals surface area contributed by atoms with E-state index in [9.17, 15) is 4.79 Å². The molecule has 2 unspecified atom stereocenters. The topological polar surface area (TPSA) is 51.3 Å². The van der Waals surface area contributed by atoms with Gasteiger partial charge in [0.1, 0.15) is 11.5 Å². The van der Waals surface area contributed by atoms with E-state index in [0.717, 1.165) is 50.3 Å². The van der Waals surface area contributed by atoms with Crippen LogP contribution in [-0.2, 0) is 17.8 Å². The molecule has 1 saturated heterocycles. The summed E-state index contributed by atoms with van der Waals surface area (Å²) in [6.45, 7) is 6.02. The maximum atomic E-state index is 12.8. The quantitative estimate of drug-likeness (QED) is 0.809. The summed E-state index contributed by atoms with van der Waals surface area (Å²) in [6.07, 6.45) is 9.87. The number of nitrogens with zero attached hydrogens (tertiary/aromatic N) is 3. The SMILES string of the molecule is CCc1ccc(C2CC(C)CCN2C(=O)CCCn2ccnc2)o1. The van der Waals surface area contributed by atoms with Gasteiger partial charge in [0, 0.05) is 38.3 Å². The Hall–Kier alpha value is -2.04. The third-order valence-corrected chi connectivity index (χ3v) is 4.91. The van der Waals surface area contributed by atoms with Crippen LogP contribution in [0.4, 0.5) is 0 Å². The van der Waals surface area contributed by atoms with Crippen LogP contribution in [0.25, 0.3) is 0 Å². The minimum Gasteiger partial charge on any atom is -0.464 e. The first-order chi connectivity index (χ1) is 11.7. The standard InChI is InChI=1S/C19H27N3O2/c1-3-16-6-7-18(24-16)17-13-15(2)8-11-22(17)19(23)5-4-10-21-12-9-20-14-21/h6-7,9,12,14-15,17H,3-5,8,10-11,13H2,1-2H3. The molecule has 0 bridgehead atoms. The number of aryl methyl sites for hydroxylation is 2. The molecule has 5 heteroatoms. The van der Waals surface area contributed by atoms with Gasteiger partial charge in [0.2, 0.25) is 5.91 Å². The van der Waals surface area contributed by atoms with Crippen molar-refractivity contribution in [3.63, 3.8) is 0 Å². The molecule has 1 aliphatic heterocycles. The minimum absolute atomic E-state index is 0.0924. The van der Waals surface area contributed by atoms with Crippen molar-refractivity contribution in [3.05, 3.63) is 42.4 Å². The van der Waals surface area contributed by atoms with E-state index >= 15 is 0 Å². The second-order valence-corrected chi connectivity index (χ2v) is 6.79. The van der Waals surface area contributed by atoms with Gasteiger partial charge in [-0.2, -0.15) is 0 Å². The summed E-state index contributed by atoms with van der Waals surface area (Å²) in [5.41, 5.74) is 0. The van der Waals surface area contributed by atoms with Gasteiger partial charge in [0.25, 0.3) is 0 Å². The molecule has 24 heavy (non-hydrogen) atoms. The molecular formula is C19H27N3O2. The van der Waals surface area contributed by atoms with Crippen LogP contribution < -0.4 is 0 Å². The number of furan rings is 1. The number of rotatable bonds is 6. The van der Waals surface area contributed by atoms with Crippen molar-refractivity contribution < 1.29 is 9.21 Å². The molecule has 2 aromatic heterocycles. The van der Waals surface area contributed by atoms with E-state index in [1.807, 2.05) is 27.8 Å². The number of likely N-dealkylation sites (tertiary alicyclic amines) is 1. The lowest BCUT2D eigenvalue weighted by Crippen LogP contribution is -2.40. The molecule has 2 aromatic rings. The molecule has 0 radical (unpaired) electrons. The van der Waals surface area contributed by atoms with Crippen LogP contribution in [0.2, 0.25) is 0 Å². The Bertz CT molecular complexity index is 647. The summed E-state index contributed by atoms with van der Waals surface area (Å²) in [5.74, 6) is 2.80. The molecule has 3 heterocycles. The largest absolute Gasteiger partial charge is 0.464 e. The number of amides is 1. The first-order valence-corrected chi connectivity index (χ1v) is 9.01. The zero-order chi connectivity index (χ0) is 16.9. The number of piperidine rings is 1. The van der Waals surface area contributed by atoms with Crippen LogP contribution in [-0.4, -0.2) is 26.9 Å². The number of aromatic nitrogens is 2. The molecule has 0 saturated carbocycles. The van der Waals surface area contributed by atoms with Crippen molar-refractivity contribution in [2.24, 2.45) is 5.92 Å². The second kappa shape index (κ2) is 7.69. The summed E-state index contributed by atoms with van der Waals surface area (Å²) in [7, 11) is 0. The minimum atomic E-state index is 0.0924. The maximum Gasteiger partial charge on any atom is 0.223 e. The Balaban J connectivity index is 1.63. The Labute approximate surface area is 143 Å². The zero-order valence-corrected chi connectivity index (χ0v) is 14.6. The van der Waals surface area contributed by atoms with Gasteiger partial charge >= 0.3 is 0 Å². The molecule has 1 fully saturated rings. The van der Waals surface area contributed by atoms with Gasteiger partial charge in [-0.3, -0.25) is 4.79 Å².